The Kier molecular flexibility index (Phi) is 2.53. The molecule has 3 atom stereocenters. The molecule has 0 amide bonds. The van der Waals surface area contributed by atoms with Crippen molar-refractivity contribution in [3.63, 3.8) is 0 Å². The van der Waals surface area contributed by atoms with E-state index in [1.807, 2.05) is 0 Å². The summed E-state index contributed by atoms with van der Waals surface area (Å²) in [7, 11) is 0. The van der Waals surface area contributed by atoms with Crippen LogP contribution >= 0.6 is 0 Å². The summed E-state index contributed by atoms with van der Waals surface area (Å²) < 4.78 is 0. The lowest BCUT2D eigenvalue weighted by Gasteiger charge is -2.28. The summed E-state index contributed by atoms with van der Waals surface area (Å²) in [5.74, 6) is 2.65. The summed E-state index contributed by atoms with van der Waals surface area (Å²) >= 11 is 0. The number of allylic oxidation sites excluding steroid dienone is 2. The fraction of sp³-hybridized carbons (Fsp3) is 0.800. The Morgan fingerprint density at radius 2 is 2.10 bits per heavy atom. The van der Waals surface area contributed by atoms with Gasteiger partial charge in [0.2, 0.25) is 0 Å². The van der Waals surface area contributed by atoms with Crippen molar-refractivity contribution in [2.24, 2.45) is 17.8 Å². The van der Waals surface area contributed by atoms with E-state index in [0.717, 1.165) is 17.8 Å². The fourth-order valence-electron chi connectivity index (χ4n) is 1.79. The zero-order valence-corrected chi connectivity index (χ0v) is 7.30. The van der Waals surface area contributed by atoms with Crippen LogP contribution in [0, 0.1) is 17.8 Å². The smallest absolute Gasteiger partial charge is 0.0208 e. The van der Waals surface area contributed by atoms with Crippen molar-refractivity contribution in [1.29, 1.82) is 0 Å². The van der Waals surface area contributed by atoms with Crippen LogP contribution in [0.3, 0.4) is 0 Å². The van der Waals surface area contributed by atoms with Gasteiger partial charge in [-0.2, -0.15) is 0 Å². The zero-order valence-electron chi connectivity index (χ0n) is 7.30. The van der Waals surface area contributed by atoms with Crippen molar-refractivity contribution < 1.29 is 0 Å². The van der Waals surface area contributed by atoms with Gasteiger partial charge >= 0.3 is 0 Å². The highest BCUT2D eigenvalue weighted by Gasteiger charge is 2.21. The largest absolute Gasteiger partial charge is 0.0880 e. The lowest BCUT2D eigenvalue weighted by Crippen LogP contribution is -2.19. The second-order valence-corrected chi connectivity index (χ2v) is 3.57. The Bertz CT molecular complexity index is 124. The second kappa shape index (κ2) is 3.23. The molecule has 0 aliphatic heterocycles. The lowest BCUT2D eigenvalue weighted by atomic mass is 9.77. The van der Waals surface area contributed by atoms with E-state index in [-0.39, 0.29) is 0 Å². The molecule has 1 aliphatic carbocycles. The monoisotopic (exact) mass is 138 g/mol. The molecule has 0 saturated carbocycles. The molecule has 0 nitrogen and oxygen atoms in total. The zero-order chi connectivity index (χ0) is 7.56. The number of hydrogen-bond donors (Lipinski definition) is 0. The molecule has 0 aromatic heterocycles. The Labute approximate surface area is 64.3 Å². The maximum atomic E-state index is 2.39. The average molecular weight is 138 g/mol. The molecule has 0 N–H and O–H groups in total. The van der Waals surface area contributed by atoms with E-state index >= 15 is 0 Å². The first-order valence-corrected chi connectivity index (χ1v) is 4.42. The van der Waals surface area contributed by atoms with Gasteiger partial charge in [-0.05, 0) is 30.6 Å². The van der Waals surface area contributed by atoms with Gasteiger partial charge in [0.25, 0.3) is 0 Å². The van der Waals surface area contributed by atoms with E-state index in [2.05, 4.69) is 32.9 Å². The van der Waals surface area contributed by atoms with E-state index in [1.54, 1.807) is 0 Å². The third-order valence-corrected chi connectivity index (χ3v) is 2.94. The van der Waals surface area contributed by atoms with E-state index in [4.69, 9.17) is 0 Å². The van der Waals surface area contributed by atoms with E-state index in [1.165, 1.54) is 12.8 Å². The molecule has 0 heteroatoms. The van der Waals surface area contributed by atoms with Crippen LogP contribution in [0.5, 0.6) is 0 Å². The molecular weight excluding hydrogens is 120 g/mol. The molecule has 10 heavy (non-hydrogen) atoms. The Hall–Kier alpha value is -0.260. The van der Waals surface area contributed by atoms with Crippen molar-refractivity contribution in [3.8, 4) is 0 Å². The third-order valence-electron chi connectivity index (χ3n) is 2.94. The summed E-state index contributed by atoms with van der Waals surface area (Å²) in [4.78, 5) is 0. The first kappa shape index (κ1) is 7.84. The standard InChI is InChI=1S/C10H18/c1-4-10-7-5-6-8(2)9(10)3/h5,7-10H,4,6H2,1-3H3. The highest BCUT2D eigenvalue weighted by molar-refractivity contribution is 4.97. The summed E-state index contributed by atoms with van der Waals surface area (Å²) in [6, 6.07) is 0. The first-order valence-electron chi connectivity index (χ1n) is 4.42. The Morgan fingerprint density at radius 1 is 1.40 bits per heavy atom. The van der Waals surface area contributed by atoms with Crippen LogP contribution in [0.15, 0.2) is 12.2 Å². The molecule has 0 heterocycles. The number of rotatable bonds is 1. The van der Waals surface area contributed by atoms with Crippen LogP contribution in [0.4, 0.5) is 0 Å². The van der Waals surface area contributed by atoms with Crippen molar-refractivity contribution in [2.45, 2.75) is 33.6 Å². The van der Waals surface area contributed by atoms with E-state index < -0.39 is 0 Å². The summed E-state index contributed by atoms with van der Waals surface area (Å²) in [5, 5.41) is 0. The average Bonchev–Trinajstić information content (AvgIpc) is 1.95. The number of hydrogen-bond acceptors (Lipinski definition) is 0. The van der Waals surface area contributed by atoms with Crippen LogP contribution in [0.1, 0.15) is 33.6 Å². The molecule has 1 aliphatic rings. The molecule has 0 aromatic rings. The highest BCUT2D eigenvalue weighted by atomic mass is 14.3. The van der Waals surface area contributed by atoms with Crippen molar-refractivity contribution in [2.75, 3.05) is 0 Å². The van der Waals surface area contributed by atoms with Gasteiger partial charge < -0.3 is 0 Å². The molecule has 1 rings (SSSR count). The molecular formula is C10H18. The van der Waals surface area contributed by atoms with Gasteiger partial charge in [-0.25, -0.2) is 0 Å². The fourth-order valence-corrected chi connectivity index (χ4v) is 1.79. The van der Waals surface area contributed by atoms with Gasteiger partial charge in [0.15, 0.2) is 0 Å². The minimum atomic E-state index is 0.851. The summed E-state index contributed by atoms with van der Waals surface area (Å²) in [5.41, 5.74) is 0. The molecule has 0 aromatic carbocycles. The topological polar surface area (TPSA) is 0 Å². The van der Waals surface area contributed by atoms with E-state index in [0.29, 0.717) is 0 Å². The van der Waals surface area contributed by atoms with Gasteiger partial charge in [-0.1, -0.05) is 32.9 Å². The Balaban J connectivity index is 2.57. The lowest BCUT2D eigenvalue weighted by molar-refractivity contribution is 0.284. The minimum absolute atomic E-state index is 0.851. The van der Waals surface area contributed by atoms with Crippen LogP contribution < -0.4 is 0 Å². The molecule has 0 spiro atoms. The van der Waals surface area contributed by atoms with Gasteiger partial charge in [0.1, 0.15) is 0 Å². The maximum Gasteiger partial charge on any atom is -0.0208 e. The van der Waals surface area contributed by atoms with Gasteiger partial charge in [0, 0.05) is 0 Å². The molecule has 0 fully saturated rings. The normalized spacial score (nSPS) is 40.1. The quantitative estimate of drug-likeness (QED) is 0.488. The SMILES string of the molecule is CCC1C=CCC(C)C1C. The van der Waals surface area contributed by atoms with Crippen LogP contribution in [0.25, 0.3) is 0 Å². The van der Waals surface area contributed by atoms with Gasteiger partial charge in [-0.15, -0.1) is 0 Å². The molecule has 0 saturated heterocycles. The summed E-state index contributed by atoms with van der Waals surface area (Å²) in [6.07, 6.45) is 7.34. The van der Waals surface area contributed by atoms with Crippen LogP contribution in [-0.2, 0) is 0 Å². The second-order valence-electron chi connectivity index (χ2n) is 3.57. The minimum Gasteiger partial charge on any atom is -0.0880 e. The van der Waals surface area contributed by atoms with E-state index in [9.17, 15) is 0 Å². The van der Waals surface area contributed by atoms with Crippen molar-refractivity contribution >= 4 is 0 Å². The molecule has 0 bridgehead atoms. The predicted octanol–water partition coefficient (Wildman–Crippen LogP) is 3.24. The maximum absolute atomic E-state index is 2.39. The van der Waals surface area contributed by atoms with Crippen LogP contribution in [-0.4, -0.2) is 0 Å². The summed E-state index contributed by atoms with van der Waals surface area (Å²) in [6.45, 7) is 7.02. The van der Waals surface area contributed by atoms with Gasteiger partial charge in [-0.3, -0.25) is 0 Å². The third kappa shape index (κ3) is 1.42. The molecule has 0 radical (unpaired) electrons. The highest BCUT2D eigenvalue weighted by Crippen LogP contribution is 2.31. The molecule has 58 valence electrons. The van der Waals surface area contributed by atoms with Crippen molar-refractivity contribution in [1.82, 2.24) is 0 Å². The predicted molar refractivity (Wildman–Crippen MR) is 45.9 cm³/mol. The Morgan fingerprint density at radius 3 is 2.60 bits per heavy atom. The molecule has 3 unspecified atom stereocenters. The van der Waals surface area contributed by atoms with Crippen LogP contribution in [0.2, 0.25) is 0 Å². The van der Waals surface area contributed by atoms with Crippen molar-refractivity contribution in [3.05, 3.63) is 12.2 Å². The first-order chi connectivity index (χ1) is 4.75. The van der Waals surface area contributed by atoms with Gasteiger partial charge in [0.05, 0.1) is 0 Å².